The molecule has 110 valence electrons. The van der Waals surface area contributed by atoms with Crippen molar-refractivity contribution in [1.82, 2.24) is 0 Å². The van der Waals surface area contributed by atoms with Crippen molar-refractivity contribution >= 4 is 10.8 Å². The van der Waals surface area contributed by atoms with Crippen LogP contribution in [0, 0.1) is 5.41 Å². The monoisotopic (exact) mass is 282 g/mol. The maximum Gasteiger partial charge on any atom is 0.119 e. The maximum atomic E-state index is 10.4. The van der Waals surface area contributed by atoms with Gasteiger partial charge < -0.3 is 9.84 Å². The van der Waals surface area contributed by atoms with E-state index in [1.54, 1.807) is 7.11 Å². The number of aryl methyl sites for hydroxylation is 1. The summed E-state index contributed by atoms with van der Waals surface area (Å²) in [6.45, 7) is 2.27. The Morgan fingerprint density at radius 3 is 2.86 bits per heavy atom. The first-order valence-corrected chi connectivity index (χ1v) is 7.91. The Kier molecular flexibility index (Phi) is 2.80. The van der Waals surface area contributed by atoms with Crippen LogP contribution in [0.1, 0.15) is 43.2 Å². The summed E-state index contributed by atoms with van der Waals surface area (Å²) in [7, 11) is 1.71. The van der Waals surface area contributed by atoms with Crippen LogP contribution in [0.2, 0.25) is 0 Å². The van der Waals surface area contributed by atoms with Crippen molar-refractivity contribution in [2.45, 2.75) is 44.6 Å². The van der Waals surface area contributed by atoms with Gasteiger partial charge in [0.25, 0.3) is 0 Å². The van der Waals surface area contributed by atoms with Crippen LogP contribution >= 0.6 is 0 Å². The second-order valence-electron chi connectivity index (χ2n) is 6.87. The molecule has 21 heavy (non-hydrogen) atoms. The van der Waals surface area contributed by atoms with Crippen LogP contribution in [0.3, 0.4) is 0 Å². The standard InChI is InChI=1S/C19H22O2/c1-19-10-9-15-14-6-4-13(21-2)11-12(14)3-5-16(15)17(19)7-8-18(19)20/h3-6,11,17-18,20H,7-10H2,1-2H3/t17?,18-,19?/m0/s1. The van der Waals surface area contributed by atoms with Crippen molar-refractivity contribution in [3.8, 4) is 5.75 Å². The molecule has 0 bridgehead atoms. The van der Waals surface area contributed by atoms with E-state index in [0.29, 0.717) is 5.92 Å². The third-order valence-corrected chi connectivity index (χ3v) is 5.95. The zero-order valence-corrected chi connectivity index (χ0v) is 12.7. The fraction of sp³-hybridized carbons (Fsp3) is 0.474. The molecule has 2 heteroatoms. The first kappa shape index (κ1) is 13.1. The van der Waals surface area contributed by atoms with Crippen LogP contribution in [-0.2, 0) is 6.42 Å². The van der Waals surface area contributed by atoms with E-state index in [9.17, 15) is 5.11 Å². The van der Waals surface area contributed by atoms with E-state index in [1.165, 1.54) is 21.9 Å². The first-order chi connectivity index (χ1) is 10.1. The average molecular weight is 282 g/mol. The third kappa shape index (κ3) is 1.75. The fourth-order valence-corrected chi connectivity index (χ4v) is 4.58. The quantitative estimate of drug-likeness (QED) is 0.855. The van der Waals surface area contributed by atoms with Gasteiger partial charge in [-0.3, -0.25) is 0 Å². The van der Waals surface area contributed by atoms with E-state index in [4.69, 9.17) is 4.74 Å². The molecule has 2 unspecified atom stereocenters. The summed E-state index contributed by atoms with van der Waals surface area (Å²) in [4.78, 5) is 0. The van der Waals surface area contributed by atoms with E-state index in [-0.39, 0.29) is 11.5 Å². The molecule has 2 aliphatic rings. The minimum atomic E-state index is -0.137. The summed E-state index contributed by atoms with van der Waals surface area (Å²) >= 11 is 0. The summed E-state index contributed by atoms with van der Waals surface area (Å²) in [5, 5.41) is 13.0. The molecular weight excluding hydrogens is 260 g/mol. The van der Waals surface area contributed by atoms with Gasteiger partial charge in [0.2, 0.25) is 0 Å². The van der Waals surface area contributed by atoms with Gasteiger partial charge in [-0.15, -0.1) is 0 Å². The number of aliphatic hydroxyl groups excluding tert-OH is 1. The van der Waals surface area contributed by atoms with E-state index >= 15 is 0 Å². The molecule has 2 aromatic carbocycles. The number of hydrogen-bond donors (Lipinski definition) is 1. The normalized spacial score (nSPS) is 31.0. The lowest BCUT2D eigenvalue weighted by atomic mass is 9.65. The summed E-state index contributed by atoms with van der Waals surface area (Å²) in [6.07, 6.45) is 4.09. The topological polar surface area (TPSA) is 29.5 Å². The van der Waals surface area contributed by atoms with Crippen molar-refractivity contribution < 1.29 is 9.84 Å². The Balaban J connectivity index is 1.89. The van der Waals surface area contributed by atoms with Gasteiger partial charge in [0.05, 0.1) is 13.2 Å². The average Bonchev–Trinajstić information content (AvgIpc) is 2.82. The Hall–Kier alpha value is -1.54. The van der Waals surface area contributed by atoms with Gasteiger partial charge in [0.15, 0.2) is 0 Å². The van der Waals surface area contributed by atoms with Crippen LogP contribution in [0.15, 0.2) is 30.3 Å². The molecule has 0 saturated heterocycles. The highest BCUT2D eigenvalue weighted by Gasteiger charge is 2.49. The predicted molar refractivity (Wildman–Crippen MR) is 84.9 cm³/mol. The SMILES string of the molecule is COc1ccc2c3c(ccc2c1)C1CC[C@H](O)C1(C)CC3. The molecular formula is C19H22O2. The van der Waals surface area contributed by atoms with Crippen molar-refractivity contribution in [2.75, 3.05) is 7.11 Å². The number of hydrogen-bond acceptors (Lipinski definition) is 2. The van der Waals surface area contributed by atoms with Crippen molar-refractivity contribution in [3.05, 3.63) is 41.5 Å². The van der Waals surface area contributed by atoms with Gasteiger partial charge in [0, 0.05) is 5.41 Å². The summed E-state index contributed by atoms with van der Waals surface area (Å²) in [5.74, 6) is 1.43. The molecule has 0 aliphatic heterocycles. The molecule has 1 fully saturated rings. The van der Waals surface area contributed by atoms with E-state index in [0.717, 1.165) is 31.4 Å². The first-order valence-electron chi connectivity index (χ1n) is 7.91. The van der Waals surface area contributed by atoms with Gasteiger partial charge in [-0.25, -0.2) is 0 Å². The maximum absolute atomic E-state index is 10.4. The Morgan fingerprint density at radius 2 is 2.05 bits per heavy atom. The highest BCUT2D eigenvalue weighted by atomic mass is 16.5. The molecule has 0 radical (unpaired) electrons. The Labute approximate surface area is 125 Å². The molecule has 1 N–H and O–H groups in total. The summed E-state index contributed by atoms with van der Waals surface area (Å²) in [5.41, 5.74) is 3.04. The lowest BCUT2D eigenvalue weighted by molar-refractivity contribution is 0.0459. The van der Waals surface area contributed by atoms with Crippen LogP contribution in [-0.4, -0.2) is 18.3 Å². The fourth-order valence-electron chi connectivity index (χ4n) is 4.58. The molecule has 0 amide bonds. The molecule has 2 nitrogen and oxygen atoms in total. The van der Waals surface area contributed by atoms with Gasteiger partial charge in [-0.1, -0.05) is 25.1 Å². The van der Waals surface area contributed by atoms with Gasteiger partial charge in [0.1, 0.15) is 5.75 Å². The molecule has 4 rings (SSSR count). The Morgan fingerprint density at radius 1 is 1.19 bits per heavy atom. The minimum Gasteiger partial charge on any atom is -0.497 e. The van der Waals surface area contributed by atoms with Gasteiger partial charge >= 0.3 is 0 Å². The molecule has 0 spiro atoms. The van der Waals surface area contributed by atoms with Gasteiger partial charge in [-0.2, -0.15) is 0 Å². The smallest absolute Gasteiger partial charge is 0.119 e. The molecule has 2 aromatic rings. The molecule has 0 heterocycles. The second-order valence-corrected chi connectivity index (χ2v) is 6.87. The number of fused-ring (bicyclic) bond motifs is 5. The molecule has 3 atom stereocenters. The summed E-state index contributed by atoms with van der Waals surface area (Å²) < 4.78 is 5.33. The third-order valence-electron chi connectivity index (χ3n) is 5.95. The minimum absolute atomic E-state index is 0.0765. The van der Waals surface area contributed by atoms with Crippen LogP contribution in [0.25, 0.3) is 10.8 Å². The Bertz CT molecular complexity index is 706. The van der Waals surface area contributed by atoms with Crippen LogP contribution in [0.5, 0.6) is 5.75 Å². The summed E-state index contributed by atoms with van der Waals surface area (Å²) in [6, 6.07) is 10.9. The molecule has 0 aromatic heterocycles. The zero-order valence-electron chi connectivity index (χ0n) is 12.7. The number of benzene rings is 2. The number of rotatable bonds is 1. The van der Waals surface area contributed by atoms with Crippen molar-refractivity contribution in [1.29, 1.82) is 0 Å². The van der Waals surface area contributed by atoms with Gasteiger partial charge in [-0.05, 0) is 65.6 Å². The number of methoxy groups -OCH3 is 1. The molecule has 1 saturated carbocycles. The van der Waals surface area contributed by atoms with E-state index in [1.807, 2.05) is 0 Å². The number of ether oxygens (including phenoxy) is 1. The van der Waals surface area contributed by atoms with Crippen LogP contribution < -0.4 is 4.74 Å². The van der Waals surface area contributed by atoms with Crippen LogP contribution in [0.4, 0.5) is 0 Å². The molecule has 2 aliphatic carbocycles. The highest BCUT2D eigenvalue weighted by molar-refractivity contribution is 5.88. The lowest BCUT2D eigenvalue weighted by Crippen LogP contribution is -2.35. The largest absolute Gasteiger partial charge is 0.497 e. The predicted octanol–water partition coefficient (Wildman–Crippen LogP) is 4.04. The zero-order chi connectivity index (χ0) is 14.6. The lowest BCUT2D eigenvalue weighted by Gasteiger charge is -2.40. The number of aliphatic hydroxyl groups is 1. The van der Waals surface area contributed by atoms with Crippen molar-refractivity contribution in [2.24, 2.45) is 5.41 Å². The highest BCUT2D eigenvalue weighted by Crippen LogP contribution is 2.56. The van der Waals surface area contributed by atoms with E-state index < -0.39 is 0 Å². The van der Waals surface area contributed by atoms with Crippen molar-refractivity contribution in [3.63, 3.8) is 0 Å². The second kappa shape index (κ2) is 4.48. The van der Waals surface area contributed by atoms with E-state index in [2.05, 4.69) is 37.3 Å².